The third-order valence-electron chi connectivity index (χ3n) is 1.63. The number of thioether (sulfide) groups is 1. The van der Waals surface area contributed by atoms with Gasteiger partial charge in [0.05, 0.1) is 5.88 Å². The van der Waals surface area contributed by atoms with Gasteiger partial charge in [-0.25, -0.2) is 4.79 Å². The number of ketones is 1. The number of carbonyl (C=O) groups is 3. The number of Topliss-reactive ketones (excluding diaryl/α,β-unsaturated/α-hetero) is 1. The zero-order valence-corrected chi connectivity index (χ0v) is 10.4. The number of aliphatic carboxylic acids is 1. The van der Waals surface area contributed by atoms with Crippen LogP contribution in [-0.2, 0) is 14.4 Å². The lowest BCUT2D eigenvalue weighted by Gasteiger charge is -2.12. The van der Waals surface area contributed by atoms with Crippen molar-refractivity contribution < 1.29 is 19.5 Å². The van der Waals surface area contributed by atoms with Crippen molar-refractivity contribution in [3.63, 3.8) is 0 Å². The molecule has 0 rings (SSSR count). The molecule has 0 bridgehead atoms. The van der Waals surface area contributed by atoms with Gasteiger partial charge in [-0.3, -0.25) is 9.59 Å². The molecule has 1 atom stereocenters. The Bertz CT molecular complexity index is 272. The molecule has 5 nitrogen and oxygen atoms in total. The fourth-order valence-electron chi connectivity index (χ4n) is 0.874. The van der Waals surface area contributed by atoms with E-state index in [9.17, 15) is 14.4 Å². The van der Waals surface area contributed by atoms with Gasteiger partial charge in [0.15, 0.2) is 0 Å². The Balaban J connectivity index is 3.81. The number of amides is 1. The number of alkyl halides is 1. The van der Waals surface area contributed by atoms with Gasteiger partial charge in [-0.2, -0.15) is 11.8 Å². The van der Waals surface area contributed by atoms with E-state index in [1.807, 2.05) is 0 Å². The molecule has 92 valence electrons. The van der Waals surface area contributed by atoms with E-state index in [1.54, 1.807) is 0 Å². The van der Waals surface area contributed by atoms with Crippen LogP contribution in [0.15, 0.2) is 0 Å². The third kappa shape index (κ3) is 7.53. The van der Waals surface area contributed by atoms with E-state index in [1.165, 1.54) is 18.7 Å². The highest BCUT2D eigenvalue weighted by molar-refractivity contribution is 7.99. The van der Waals surface area contributed by atoms with Crippen LogP contribution in [0.1, 0.15) is 13.3 Å². The molecule has 0 fully saturated rings. The summed E-state index contributed by atoms with van der Waals surface area (Å²) in [6.45, 7) is 1.26. The summed E-state index contributed by atoms with van der Waals surface area (Å²) in [5, 5.41) is 11.1. The molecule has 0 aromatic carbocycles. The Hall–Kier alpha value is -0.750. The Morgan fingerprint density at radius 3 is 2.50 bits per heavy atom. The van der Waals surface area contributed by atoms with Crippen molar-refractivity contribution in [2.24, 2.45) is 0 Å². The zero-order chi connectivity index (χ0) is 12.6. The Kier molecular flexibility index (Phi) is 8.01. The lowest BCUT2D eigenvalue weighted by Crippen LogP contribution is -2.41. The maximum atomic E-state index is 10.8. The minimum absolute atomic E-state index is 0.0192. The molecule has 1 amide bonds. The van der Waals surface area contributed by atoms with E-state index in [-0.39, 0.29) is 23.3 Å². The second-order valence-electron chi connectivity index (χ2n) is 3.09. The van der Waals surface area contributed by atoms with Gasteiger partial charge in [0.2, 0.25) is 5.91 Å². The van der Waals surface area contributed by atoms with Crippen molar-refractivity contribution in [1.82, 2.24) is 5.32 Å². The van der Waals surface area contributed by atoms with Crippen molar-refractivity contribution in [3.8, 4) is 0 Å². The molecule has 0 aromatic heterocycles. The maximum absolute atomic E-state index is 10.8. The van der Waals surface area contributed by atoms with Crippen LogP contribution in [0.3, 0.4) is 0 Å². The van der Waals surface area contributed by atoms with E-state index in [0.29, 0.717) is 12.2 Å². The summed E-state index contributed by atoms with van der Waals surface area (Å²) in [6, 6.07) is -0.909. The Labute approximate surface area is 103 Å². The highest BCUT2D eigenvalue weighted by atomic mass is 35.5. The van der Waals surface area contributed by atoms with Crippen LogP contribution in [0, 0.1) is 0 Å². The van der Waals surface area contributed by atoms with Gasteiger partial charge in [-0.1, -0.05) is 0 Å². The SMILES string of the molecule is CC(=O)NC(CSCCC(=O)CCl)C(=O)O. The van der Waals surface area contributed by atoms with Crippen LogP contribution in [0.2, 0.25) is 0 Å². The third-order valence-corrected chi connectivity index (χ3v) is 2.99. The van der Waals surface area contributed by atoms with Crippen LogP contribution < -0.4 is 5.32 Å². The first kappa shape index (κ1) is 15.2. The molecule has 0 radical (unpaired) electrons. The summed E-state index contributed by atoms with van der Waals surface area (Å²) in [6.07, 6.45) is 0.320. The molecular weight excluding hydrogens is 254 g/mol. The average molecular weight is 268 g/mol. The molecule has 0 saturated heterocycles. The van der Waals surface area contributed by atoms with E-state index in [4.69, 9.17) is 16.7 Å². The predicted molar refractivity (Wildman–Crippen MR) is 62.9 cm³/mol. The highest BCUT2D eigenvalue weighted by Gasteiger charge is 2.17. The number of hydrogen-bond donors (Lipinski definition) is 2. The van der Waals surface area contributed by atoms with E-state index in [2.05, 4.69) is 5.32 Å². The summed E-state index contributed by atoms with van der Waals surface area (Å²) in [4.78, 5) is 32.2. The molecule has 7 heteroatoms. The molecule has 0 aliphatic rings. The average Bonchev–Trinajstić information content (AvgIpc) is 2.21. The molecule has 0 heterocycles. The molecule has 1 unspecified atom stereocenters. The number of halogens is 1. The lowest BCUT2D eigenvalue weighted by atomic mass is 10.3. The molecular formula is C9H14ClNO4S. The van der Waals surface area contributed by atoms with Crippen LogP contribution in [-0.4, -0.2) is 46.2 Å². The number of carboxylic acids is 1. The lowest BCUT2D eigenvalue weighted by molar-refractivity contribution is -0.140. The first-order valence-corrected chi connectivity index (χ1v) is 6.31. The molecule has 0 aliphatic heterocycles. The van der Waals surface area contributed by atoms with Gasteiger partial charge >= 0.3 is 5.97 Å². The van der Waals surface area contributed by atoms with E-state index < -0.39 is 12.0 Å². The second kappa shape index (κ2) is 8.41. The fourth-order valence-corrected chi connectivity index (χ4v) is 2.01. The van der Waals surface area contributed by atoms with Crippen LogP contribution in [0.4, 0.5) is 0 Å². The normalized spacial score (nSPS) is 11.9. The van der Waals surface area contributed by atoms with Gasteiger partial charge in [0, 0.05) is 24.9 Å². The largest absolute Gasteiger partial charge is 0.480 e. The van der Waals surface area contributed by atoms with Gasteiger partial charge in [0.1, 0.15) is 11.8 Å². The molecule has 2 N–H and O–H groups in total. The second-order valence-corrected chi connectivity index (χ2v) is 4.51. The number of carbonyl (C=O) groups excluding carboxylic acids is 2. The minimum Gasteiger partial charge on any atom is -0.480 e. The number of nitrogens with one attached hydrogen (secondary N) is 1. The standard InChI is InChI=1S/C9H14ClNO4S/c1-6(12)11-8(9(14)15)5-16-3-2-7(13)4-10/h8H,2-5H2,1H3,(H,11,12)(H,14,15). The Morgan fingerprint density at radius 2 is 2.06 bits per heavy atom. The summed E-state index contributed by atoms with van der Waals surface area (Å²) in [5.74, 6) is -0.801. The van der Waals surface area contributed by atoms with E-state index >= 15 is 0 Å². The first-order valence-electron chi connectivity index (χ1n) is 4.62. The number of rotatable bonds is 8. The van der Waals surface area contributed by atoms with Crippen molar-refractivity contribution in [3.05, 3.63) is 0 Å². The highest BCUT2D eigenvalue weighted by Crippen LogP contribution is 2.06. The van der Waals surface area contributed by atoms with Crippen LogP contribution >= 0.6 is 23.4 Å². The molecule has 0 aromatic rings. The summed E-state index contributed by atoms with van der Waals surface area (Å²) in [5.41, 5.74) is 0. The zero-order valence-electron chi connectivity index (χ0n) is 8.86. The van der Waals surface area contributed by atoms with Crippen molar-refractivity contribution in [2.75, 3.05) is 17.4 Å². The van der Waals surface area contributed by atoms with E-state index in [0.717, 1.165) is 0 Å². The molecule has 0 saturated carbocycles. The topological polar surface area (TPSA) is 83.5 Å². The summed E-state index contributed by atoms with van der Waals surface area (Å²) in [7, 11) is 0. The first-order chi connectivity index (χ1) is 7.47. The maximum Gasteiger partial charge on any atom is 0.327 e. The number of carboxylic acid groups (broad SMARTS) is 1. The smallest absolute Gasteiger partial charge is 0.327 e. The van der Waals surface area contributed by atoms with Gasteiger partial charge in [0.25, 0.3) is 0 Å². The van der Waals surface area contributed by atoms with Crippen molar-refractivity contribution in [2.45, 2.75) is 19.4 Å². The quantitative estimate of drug-likeness (QED) is 0.494. The number of hydrogen-bond acceptors (Lipinski definition) is 4. The monoisotopic (exact) mass is 267 g/mol. The molecule has 16 heavy (non-hydrogen) atoms. The predicted octanol–water partition coefficient (Wildman–Crippen LogP) is 0.507. The van der Waals surface area contributed by atoms with Crippen LogP contribution in [0.25, 0.3) is 0 Å². The van der Waals surface area contributed by atoms with Gasteiger partial charge in [-0.15, -0.1) is 11.6 Å². The summed E-state index contributed by atoms with van der Waals surface area (Å²) < 4.78 is 0. The van der Waals surface area contributed by atoms with Crippen molar-refractivity contribution in [1.29, 1.82) is 0 Å². The minimum atomic E-state index is -1.08. The Morgan fingerprint density at radius 1 is 1.44 bits per heavy atom. The summed E-state index contributed by atoms with van der Waals surface area (Å²) >= 11 is 6.60. The van der Waals surface area contributed by atoms with Crippen LogP contribution in [0.5, 0.6) is 0 Å². The molecule has 0 spiro atoms. The van der Waals surface area contributed by atoms with Gasteiger partial charge in [-0.05, 0) is 0 Å². The fraction of sp³-hybridized carbons (Fsp3) is 0.667. The van der Waals surface area contributed by atoms with Crippen molar-refractivity contribution >= 4 is 41.0 Å². The van der Waals surface area contributed by atoms with Gasteiger partial charge < -0.3 is 10.4 Å². The molecule has 0 aliphatic carbocycles.